The summed E-state index contributed by atoms with van der Waals surface area (Å²) in [6, 6.07) is 3.90. The molecule has 1 aromatic carbocycles. The molecule has 92 valence electrons. The van der Waals surface area contributed by atoms with Crippen molar-refractivity contribution >= 4 is 0 Å². The second-order valence-corrected chi connectivity index (χ2v) is 5.65. The Labute approximate surface area is 102 Å². The van der Waals surface area contributed by atoms with Gasteiger partial charge in [0.05, 0.1) is 0 Å². The summed E-state index contributed by atoms with van der Waals surface area (Å²) in [5.41, 5.74) is 9.32. The van der Waals surface area contributed by atoms with E-state index in [0.717, 1.165) is 31.2 Å². The molecule has 0 aromatic heterocycles. The third kappa shape index (κ3) is 1.70. The largest absolute Gasteiger partial charge is 0.330 e. The number of benzene rings is 1. The van der Waals surface area contributed by atoms with Crippen LogP contribution in [0.2, 0.25) is 0 Å². The van der Waals surface area contributed by atoms with Crippen molar-refractivity contribution in [2.75, 3.05) is 6.54 Å². The molecule has 2 heteroatoms. The van der Waals surface area contributed by atoms with Crippen molar-refractivity contribution in [1.29, 1.82) is 0 Å². The monoisotopic (exact) mass is 233 g/mol. The van der Waals surface area contributed by atoms with E-state index in [1.807, 2.05) is 0 Å². The number of hydrogen-bond donors (Lipinski definition) is 1. The third-order valence-corrected chi connectivity index (χ3v) is 4.70. The molecule has 0 atom stereocenters. The maximum Gasteiger partial charge on any atom is 0.127 e. The van der Waals surface area contributed by atoms with E-state index in [1.165, 1.54) is 30.4 Å². The topological polar surface area (TPSA) is 26.0 Å². The van der Waals surface area contributed by atoms with Gasteiger partial charge < -0.3 is 5.73 Å². The Morgan fingerprint density at radius 2 is 1.71 bits per heavy atom. The Kier molecular flexibility index (Phi) is 2.70. The lowest BCUT2D eigenvalue weighted by Crippen LogP contribution is -2.42. The molecule has 1 fully saturated rings. The zero-order valence-electron chi connectivity index (χ0n) is 10.3. The predicted octanol–water partition coefficient (Wildman–Crippen LogP) is 3.08. The highest BCUT2D eigenvalue weighted by Gasteiger charge is 2.39. The zero-order valence-corrected chi connectivity index (χ0v) is 10.3. The average Bonchev–Trinajstić information content (AvgIpc) is 2.29. The Hall–Kier alpha value is -0.890. The van der Waals surface area contributed by atoms with Crippen LogP contribution >= 0.6 is 0 Å². The fourth-order valence-electron chi connectivity index (χ4n) is 3.35. The first-order valence-electron chi connectivity index (χ1n) is 6.77. The normalized spacial score (nSPS) is 21.8. The van der Waals surface area contributed by atoms with Crippen molar-refractivity contribution in [3.8, 4) is 0 Å². The van der Waals surface area contributed by atoms with E-state index in [1.54, 1.807) is 6.07 Å². The van der Waals surface area contributed by atoms with E-state index in [-0.39, 0.29) is 11.2 Å². The fraction of sp³-hybridized carbons (Fsp3) is 0.600. The van der Waals surface area contributed by atoms with Crippen molar-refractivity contribution < 1.29 is 4.39 Å². The number of nitrogens with two attached hydrogens (primary N) is 1. The first-order chi connectivity index (χ1) is 8.25. The highest BCUT2D eigenvalue weighted by atomic mass is 19.1. The molecule has 0 amide bonds. The van der Waals surface area contributed by atoms with Gasteiger partial charge in [0.2, 0.25) is 0 Å². The number of fused-ring (bicyclic) bond motifs is 1. The van der Waals surface area contributed by atoms with Crippen LogP contribution in [0, 0.1) is 5.82 Å². The minimum atomic E-state index is -0.0451. The number of aryl methyl sites for hydroxylation is 2. The van der Waals surface area contributed by atoms with Gasteiger partial charge in [0, 0.05) is 12.0 Å². The molecule has 0 aliphatic heterocycles. The molecule has 0 spiro atoms. The summed E-state index contributed by atoms with van der Waals surface area (Å²) in [5, 5.41) is 0. The number of halogens is 1. The van der Waals surface area contributed by atoms with Crippen LogP contribution in [0.4, 0.5) is 4.39 Å². The molecule has 0 saturated heterocycles. The van der Waals surface area contributed by atoms with E-state index in [0.29, 0.717) is 6.54 Å². The maximum absolute atomic E-state index is 14.2. The molecule has 0 radical (unpaired) electrons. The van der Waals surface area contributed by atoms with E-state index in [4.69, 9.17) is 5.73 Å². The van der Waals surface area contributed by atoms with Crippen LogP contribution in [0.5, 0.6) is 0 Å². The summed E-state index contributed by atoms with van der Waals surface area (Å²) < 4.78 is 14.2. The minimum Gasteiger partial charge on any atom is -0.330 e. The molecule has 2 aliphatic rings. The summed E-state index contributed by atoms with van der Waals surface area (Å²) in [6.45, 7) is 0.586. The van der Waals surface area contributed by atoms with Crippen molar-refractivity contribution in [2.24, 2.45) is 5.73 Å². The van der Waals surface area contributed by atoms with Gasteiger partial charge in [-0.3, -0.25) is 0 Å². The van der Waals surface area contributed by atoms with Crippen LogP contribution < -0.4 is 5.73 Å². The Balaban J connectivity index is 2.05. The first kappa shape index (κ1) is 11.2. The van der Waals surface area contributed by atoms with Crippen molar-refractivity contribution in [1.82, 2.24) is 0 Å². The van der Waals surface area contributed by atoms with Gasteiger partial charge in [-0.2, -0.15) is 0 Å². The Bertz CT molecular complexity index is 429. The molecule has 0 unspecified atom stereocenters. The molecular weight excluding hydrogens is 213 g/mol. The highest BCUT2D eigenvalue weighted by molar-refractivity contribution is 5.40. The average molecular weight is 233 g/mol. The minimum absolute atomic E-state index is 0.0178. The highest BCUT2D eigenvalue weighted by Crippen LogP contribution is 2.44. The maximum atomic E-state index is 14.2. The molecule has 0 bridgehead atoms. The van der Waals surface area contributed by atoms with E-state index < -0.39 is 0 Å². The number of hydrogen-bond acceptors (Lipinski definition) is 1. The second-order valence-electron chi connectivity index (χ2n) is 5.65. The van der Waals surface area contributed by atoms with Crippen LogP contribution in [-0.4, -0.2) is 6.54 Å². The molecule has 2 aliphatic carbocycles. The van der Waals surface area contributed by atoms with Crippen LogP contribution in [-0.2, 0) is 18.3 Å². The van der Waals surface area contributed by atoms with Gasteiger partial charge in [-0.1, -0.05) is 12.5 Å². The lowest BCUT2D eigenvalue weighted by atomic mass is 9.63. The molecule has 2 N–H and O–H groups in total. The summed E-state index contributed by atoms with van der Waals surface area (Å²) >= 11 is 0. The molecular formula is C15H20FN. The van der Waals surface area contributed by atoms with Gasteiger partial charge in [0.15, 0.2) is 0 Å². The lowest BCUT2D eigenvalue weighted by molar-refractivity contribution is 0.244. The van der Waals surface area contributed by atoms with Crippen molar-refractivity contribution in [3.63, 3.8) is 0 Å². The number of rotatable bonds is 2. The van der Waals surface area contributed by atoms with Gasteiger partial charge >= 0.3 is 0 Å². The summed E-state index contributed by atoms with van der Waals surface area (Å²) in [6.07, 6.45) is 7.90. The smallest absolute Gasteiger partial charge is 0.127 e. The van der Waals surface area contributed by atoms with E-state index in [9.17, 15) is 4.39 Å². The third-order valence-electron chi connectivity index (χ3n) is 4.70. The van der Waals surface area contributed by atoms with Crippen LogP contribution in [0.25, 0.3) is 0 Å². The van der Waals surface area contributed by atoms with Crippen LogP contribution in [0.3, 0.4) is 0 Å². The molecule has 17 heavy (non-hydrogen) atoms. The second kappa shape index (κ2) is 4.09. The predicted molar refractivity (Wildman–Crippen MR) is 67.6 cm³/mol. The first-order valence-corrected chi connectivity index (χ1v) is 6.77. The zero-order chi connectivity index (χ0) is 11.9. The molecule has 1 saturated carbocycles. The summed E-state index contributed by atoms with van der Waals surface area (Å²) in [5.74, 6) is -0.0178. The van der Waals surface area contributed by atoms with Gasteiger partial charge in [0.25, 0.3) is 0 Å². The van der Waals surface area contributed by atoms with Gasteiger partial charge in [-0.15, -0.1) is 0 Å². The summed E-state index contributed by atoms with van der Waals surface area (Å²) in [7, 11) is 0. The van der Waals surface area contributed by atoms with Crippen LogP contribution in [0.1, 0.15) is 48.8 Å². The van der Waals surface area contributed by atoms with Gasteiger partial charge in [-0.25, -0.2) is 4.39 Å². The van der Waals surface area contributed by atoms with Gasteiger partial charge in [0.1, 0.15) is 5.82 Å². The molecule has 1 nitrogen and oxygen atoms in total. The van der Waals surface area contributed by atoms with Crippen LogP contribution in [0.15, 0.2) is 12.1 Å². The lowest BCUT2D eigenvalue weighted by Gasteiger charge is -2.42. The molecule has 3 rings (SSSR count). The molecule has 1 aromatic rings. The SMILES string of the molecule is NCC1(c2cc3c(cc2F)CCCC3)CCC1. The van der Waals surface area contributed by atoms with Crippen molar-refractivity contribution in [2.45, 2.75) is 50.4 Å². The fourth-order valence-corrected chi connectivity index (χ4v) is 3.35. The van der Waals surface area contributed by atoms with E-state index in [2.05, 4.69) is 6.07 Å². The summed E-state index contributed by atoms with van der Waals surface area (Å²) in [4.78, 5) is 0. The molecule has 0 heterocycles. The standard InChI is InChI=1S/C15H20FN/c16-14-9-12-5-2-1-4-11(12)8-13(14)15(10-17)6-3-7-15/h8-9H,1-7,10,17H2. The van der Waals surface area contributed by atoms with E-state index >= 15 is 0 Å². The van der Waals surface area contributed by atoms with Crippen molar-refractivity contribution in [3.05, 3.63) is 34.6 Å². The Morgan fingerprint density at radius 3 is 2.24 bits per heavy atom. The quantitative estimate of drug-likeness (QED) is 0.834. The van der Waals surface area contributed by atoms with Gasteiger partial charge in [-0.05, 0) is 61.3 Å². The Morgan fingerprint density at radius 1 is 1.06 bits per heavy atom.